The zero-order valence-electron chi connectivity index (χ0n) is 9.95. The number of likely N-dealkylation sites (tertiary alicyclic amines) is 1. The van der Waals surface area contributed by atoms with Crippen LogP contribution in [0.3, 0.4) is 0 Å². The quantitative estimate of drug-likeness (QED) is 0.701. The van der Waals surface area contributed by atoms with Crippen LogP contribution >= 0.6 is 0 Å². The monoisotopic (exact) mass is 216 g/mol. The fourth-order valence-corrected chi connectivity index (χ4v) is 2.07. The average molecular weight is 216 g/mol. The molecular formula is C11H24N2O2. The van der Waals surface area contributed by atoms with Gasteiger partial charge >= 0.3 is 0 Å². The van der Waals surface area contributed by atoms with Crippen molar-refractivity contribution < 1.29 is 9.47 Å². The van der Waals surface area contributed by atoms with Gasteiger partial charge in [0.05, 0.1) is 12.2 Å². The van der Waals surface area contributed by atoms with Crippen molar-refractivity contribution in [3.8, 4) is 0 Å². The zero-order valence-corrected chi connectivity index (χ0v) is 9.95. The highest BCUT2D eigenvalue weighted by atomic mass is 16.5. The maximum Gasteiger partial charge on any atom is 0.0705 e. The molecule has 0 saturated carbocycles. The van der Waals surface area contributed by atoms with Crippen molar-refractivity contribution in [3.63, 3.8) is 0 Å². The predicted octanol–water partition coefficient (Wildman–Crippen LogP) is 0.461. The summed E-state index contributed by atoms with van der Waals surface area (Å²) in [6.45, 7) is 3.91. The van der Waals surface area contributed by atoms with Gasteiger partial charge in [0.15, 0.2) is 0 Å². The number of hydrogen-bond acceptors (Lipinski definition) is 4. The van der Waals surface area contributed by atoms with Gasteiger partial charge in [-0.25, -0.2) is 0 Å². The van der Waals surface area contributed by atoms with Crippen molar-refractivity contribution in [2.45, 2.75) is 31.5 Å². The summed E-state index contributed by atoms with van der Waals surface area (Å²) < 4.78 is 10.6. The molecule has 0 amide bonds. The Bertz CT molecular complexity index is 163. The average Bonchev–Trinajstić information content (AvgIpc) is 2.31. The van der Waals surface area contributed by atoms with E-state index in [1.807, 2.05) is 0 Å². The molecule has 0 aromatic rings. The first kappa shape index (κ1) is 12.9. The van der Waals surface area contributed by atoms with Crippen LogP contribution in [-0.2, 0) is 9.47 Å². The van der Waals surface area contributed by atoms with Crippen LogP contribution in [0.2, 0.25) is 0 Å². The molecule has 15 heavy (non-hydrogen) atoms. The number of ether oxygens (including phenoxy) is 2. The van der Waals surface area contributed by atoms with Gasteiger partial charge < -0.3 is 20.1 Å². The molecule has 1 aliphatic rings. The summed E-state index contributed by atoms with van der Waals surface area (Å²) in [5.74, 6) is 0. The second kappa shape index (κ2) is 7.17. The van der Waals surface area contributed by atoms with Crippen molar-refractivity contribution >= 4 is 0 Å². The molecule has 1 fully saturated rings. The van der Waals surface area contributed by atoms with E-state index in [2.05, 4.69) is 4.90 Å². The van der Waals surface area contributed by atoms with E-state index in [1.165, 1.54) is 19.4 Å². The molecule has 0 spiro atoms. The lowest BCUT2D eigenvalue weighted by Crippen LogP contribution is -2.41. The summed E-state index contributed by atoms with van der Waals surface area (Å²) >= 11 is 0. The highest BCUT2D eigenvalue weighted by molar-refractivity contribution is 4.74. The lowest BCUT2D eigenvalue weighted by molar-refractivity contribution is 0.0223. The first-order chi connectivity index (χ1) is 7.30. The topological polar surface area (TPSA) is 47.7 Å². The molecule has 0 radical (unpaired) electrons. The molecule has 1 saturated heterocycles. The van der Waals surface area contributed by atoms with Crippen LogP contribution in [0, 0.1) is 0 Å². The van der Waals surface area contributed by atoms with Gasteiger partial charge in [0.1, 0.15) is 0 Å². The third kappa shape index (κ3) is 4.47. The fraction of sp³-hybridized carbons (Fsp3) is 1.00. The fourth-order valence-electron chi connectivity index (χ4n) is 2.07. The van der Waals surface area contributed by atoms with Crippen LogP contribution in [0.25, 0.3) is 0 Å². The summed E-state index contributed by atoms with van der Waals surface area (Å²) in [6.07, 6.45) is 4.06. The van der Waals surface area contributed by atoms with Crippen molar-refractivity contribution in [2.24, 2.45) is 5.73 Å². The van der Waals surface area contributed by atoms with Gasteiger partial charge in [-0.15, -0.1) is 0 Å². The lowest BCUT2D eigenvalue weighted by atomic mass is 10.1. The number of hydrogen-bond donors (Lipinski definition) is 1. The molecular weight excluding hydrogens is 192 g/mol. The van der Waals surface area contributed by atoms with Crippen LogP contribution in [0.15, 0.2) is 0 Å². The van der Waals surface area contributed by atoms with E-state index in [4.69, 9.17) is 15.2 Å². The molecule has 2 unspecified atom stereocenters. The molecule has 0 aromatic carbocycles. The maximum absolute atomic E-state index is 5.58. The Morgan fingerprint density at radius 2 is 2.27 bits per heavy atom. The maximum atomic E-state index is 5.58. The predicted molar refractivity (Wildman–Crippen MR) is 60.9 cm³/mol. The van der Waals surface area contributed by atoms with Gasteiger partial charge in [-0.1, -0.05) is 0 Å². The second-order valence-corrected chi connectivity index (χ2v) is 4.18. The number of nitrogens with zero attached hydrogens (tertiary/aromatic N) is 1. The van der Waals surface area contributed by atoms with Gasteiger partial charge in [0, 0.05) is 33.9 Å². The zero-order chi connectivity index (χ0) is 11.1. The summed E-state index contributed by atoms with van der Waals surface area (Å²) in [4.78, 5) is 2.44. The van der Waals surface area contributed by atoms with Crippen molar-refractivity contribution in [1.82, 2.24) is 4.90 Å². The van der Waals surface area contributed by atoms with Gasteiger partial charge in [-0.3, -0.25) is 0 Å². The van der Waals surface area contributed by atoms with Crippen LogP contribution in [0.1, 0.15) is 19.3 Å². The molecule has 1 rings (SSSR count). The Morgan fingerprint density at radius 3 is 2.87 bits per heavy atom. The number of methoxy groups -OCH3 is 2. The highest BCUT2D eigenvalue weighted by Crippen LogP contribution is 2.13. The van der Waals surface area contributed by atoms with E-state index < -0.39 is 0 Å². The lowest BCUT2D eigenvalue weighted by Gasteiger charge is -2.32. The van der Waals surface area contributed by atoms with Gasteiger partial charge in [-0.05, 0) is 25.8 Å². The molecule has 90 valence electrons. The Morgan fingerprint density at radius 1 is 1.47 bits per heavy atom. The molecule has 0 aromatic heterocycles. The molecule has 2 N–H and O–H groups in total. The molecule has 0 aliphatic carbocycles. The summed E-state index contributed by atoms with van der Waals surface area (Å²) in [5, 5.41) is 0. The Labute approximate surface area is 92.7 Å². The Balaban J connectivity index is 2.20. The number of piperidine rings is 1. The van der Waals surface area contributed by atoms with Crippen molar-refractivity contribution in [2.75, 3.05) is 40.4 Å². The van der Waals surface area contributed by atoms with E-state index in [9.17, 15) is 0 Å². The molecule has 4 heteroatoms. The normalized spacial score (nSPS) is 25.4. The molecule has 1 aliphatic heterocycles. The molecule has 4 nitrogen and oxygen atoms in total. The minimum Gasteiger partial charge on any atom is -0.380 e. The second-order valence-electron chi connectivity index (χ2n) is 4.18. The summed E-state index contributed by atoms with van der Waals surface area (Å²) in [7, 11) is 3.53. The van der Waals surface area contributed by atoms with Gasteiger partial charge in [0.2, 0.25) is 0 Å². The SMILES string of the molecule is COC(CN)CCN1CCCC(OC)C1. The Hall–Kier alpha value is -0.160. The van der Waals surface area contributed by atoms with E-state index in [0.29, 0.717) is 12.6 Å². The standard InChI is InChI=1S/C11H24N2O2/c1-14-10(8-12)5-7-13-6-3-4-11(9-13)15-2/h10-11H,3-9,12H2,1-2H3. The number of nitrogens with two attached hydrogens (primary N) is 1. The van der Waals surface area contributed by atoms with Gasteiger partial charge in [-0.2, -0.15) is 0 Å². The minimum absolute atomic E-state index is 0.202. The minimum atomic E-state index is 0.202. The van der Waals surface area contributed by atoms with Crippen LogP contribution < -0.4 is 5.73 Å². The van der Waals surface area contributed by atoms with E-state index in [-0.39, 0.29) is 6.10 Å². The Kier molecular flexibility index (Phi) is 6.17. The first-order valence-electron chi connectivity index (χ1n) is 5.78. The van der Waals surface area contributed by atoms with Gasteiger partial charge in [0.25, 0.3) is 0 Å². The van der Waals surface area contributed by atoms with Crippen LogP contribution in [0.5, 0.6) is 0 Å². The highest BCUT2D eigenvalue weighted by Gasteiger charge is 2.19. The first-order valence-corrected chi connectivity index (χ1v) is 5.78. The third-order valence-electron chi connectivity index (χ3n) is 3.16. The van der Waals surface area contributed by atoms with Crippen LogP contribution in [-0.4, -0.2) is 57.5 Å². The van der Waals surface area contributed by atoms with E-state index >= 15 is 0 Å². The number of rotatable bonds is 6. The summed E-state index contributed by atoms with van der Waals surface area (Å²) in [6, 6.07) is 0. The molecule has 0 bridgehead atoms. The smallest absolute Gasteiger partial charge is 0.0705 e. The van der Waals surface area contributed by atoms with E-state index in [0.717, 1.165) is 19.5 Å². The largest absolute Gasteiger partial charge is 0.380 e. The van der Waals surface area contributed by atoms with Crippen LogP contribution in [0.4, 0.5) is 0 Å². The van der Waals surface area contributed by atoms with Crippen molar-refractivity contribution in [1.29, 1.82) is 0 Å². The van der Waals surface area contributed by atoms with Crippen molar-refractivity contribution in [3.05, 3.63) is 0 Å². The van der Waals surface area contributed by atoms with E-state index in [1.54, 1.807) is 14.2 Å². The molecule has 2 atom stereocenters. The third-order valence-corrected chi connectivity index (χ3v) is 3.16. The summed E-state index contributed by atoms with van der Waals surface area (Å²) in [5.41, 5.74) is 5.58. The molecule has 1 heterocycles.